The zero-order valence-electron chi connectivity index (χ0n) is 7.19. The topological polar surface area (TPSA) is 21.3 Å². The van der Waals surface area contributed by atoms with Crippen molar-refractivity contribution in [3.8, 4) is 0 Å². The number of hydroxylamine groups is 1. The van der Waals surface area contributed by atoms with Gasteiger partial charge < -0.3 is 4.84 Å². The lowest BCUT2D eigenvalue weighted by atomic mass is 10.0. The minimum atomic E-state index is -0.744. The summed E-state index contributed by atoms with van der Waals surface area (Å²) in [4.78, 5) is 4.88. The van der Waals surface area contributed by atoms with Crippen molar-refractivity contribution in [1.29, 1.82) is 0 Å². The summed E-state index contributed by atoms with van der Waals surface area (Å²) in [5.74, 6) is -1.46. The van der Waals surface area contributed by atoms with Crippen LogP contribution in [0.4, 0.5) is 8.78 Å². The molecule has 1 atom stereocenters. The Kier molecular flexibility index (Phi) is 2.67. The molecule has 1 aliphatic rings. The summed E-state index contributed by atoms with van der Waals surface area (Å²) in [7, 11) is 0. The van der Waals surface area contributed by atoms with Gasteiger partial charge in [-0.15, -0.1) is 0 Å². The molecule has 0 aliphatic carbocycles. The highest BCUT2D eigenvalue weighted by molar-refractivity contribution is 6.30. The van der Waals surface area contributed by atoms with Gasteiger partial charge in [0.05, 0.1) is 12.6 Å². The number of benzene rings is 1. The first-order valence-corrected chi connectivity index (χ1v) is 4.58. The molecule has 1 N–H and O–H groups in total. The maximum absolute atomic E-state index is 13.4. The van der Waals surface area contributed by atoms with Crippen LogP contribution >= 0.6 is 11.6 Å². The molecule has 0 aromatic heterocycles. The second-order valence-electron chi connectivity index (χ2n) is 3.07. The summed E-state index contributed by atoms with van der Waals surface area (Å²) in [5, 5.41) is -0.462. The zero-order chi connectivity index (χ0) is 10.1. The van der Waals surface area contributed by atoms with Crippen LogP contribution in [-0.2, 0) is 4.84 Å². The van der Waals surface area contributed by atoms with Crippen molar-refractivity contribution in [2.24, 2.45) is 0 Å². The second kappa shape index (κ2) is 3.81. The minimum absolute atomic E-state index is 0.243. The predicted molar refractivity (Wildman–Crippen MR) is 47.8 cm³/mol. The van der Waals surface area contributed by atoms with E-state index in [0.29, 0.717) is 18.6 Å². The summed E-state index contributed by atoms with van der Waals surface area (Å²) in [6.45, 7) is 0.513. The number of rotatable bonds is 1. The minimum Gasteiger partial charge on any atom is -0.301 e. The van der Waals surface area contributed by atoms with Crippen LogP contribution in [0.2, 0.25) is 5.02 Å². The van der Waals surface area contributed by atoms with Gasteiger partial charge in [-0.1, -0.05) is 17.7 Å². The molecule has 1 heterocycles. The quantitative estimate of drug-likeness (QED) is 0.733. The van der Waals surface area contributed by atoms with Gasteiger partial charge in [-0.05, 0) is 12.5 Å². The number of hydrogen-bond donors (Lipinski definition) is 1. The summed E-state index contributed by atoms with van der Waals surface area (Å²) in [6, 6.07) is 2.29. The van der Waals surface area contributed by atoms with Crippen LogP contribution in [0.15, 0.2) is 12.1 Å². The van der Waals surface area contributed by atoms with E-state index < -0.39 is 16.7 Å². The lowest BCUT2D eigenvalue weighted by molar-refractivity contribution is 0.0877. The van der Waals surface area contributed by atoms with Gasteiger partial charge >= 0.3 is 0 Å². The Bertz CT molecular complexity index is 353. The molecule has 0 radical (unpaired) electrons. The van der Waals surface area contributed by atoms with Crippen LogP contribution in [-0.4, -0.2) is 6.61 Å². The van der Waals surface area contributed by atoms with E-state index >= 15 is 0 Å². The predicted octanol–water partition coefficient (Wildman–Crippen LogP) is 2.58. The summed E-state index contributed by atoms with van der Waals surface area (Å²) < 4.78 is 26.3. The average molecular weight is 220 g/mol. The van der Waals surface area contributed by atoms with Gasteiger partial charge in [0.2, 0.25) is 0 Å². The highest BCUT2D eigenvalue weighted by Gasteiger charge is 2.23. The highest BCUT2D eigenvalue weighted by Crippen LogP contribution is 2.29. The van der Waals surface area contributed by atoms with E-state index in [-0.39, 0.29) is 6.04 Å². The highest BCUT2D eigenvalue weighted by atomic mass is 35.5. The van der Waals surface area contributed by atoms with Crippen molar-refractivity contribution in [2.75, 3.05) is 6.61 Å². The van der Waals surface area contributed by atoms with Crippen molar-refractivity contribution in [2.45, 2.75) is 12.5 Å². The molecule has 0 spiro atoms. The van der Waals surface area contributed by atoms with Crippen LogP contribution in [0.25, 0.3) is 0 Å². The number of nitrogens with one attached hydrogen (secondary N) is 1. The van der Waals surface area contributed by atoms with Gasteiger partial charge in [0.25, 0.3) is 0 Å². The Labute approximate surface area is 84.8 Å². The molecular formula is C9H8ClF2NO. The normalized spacial score (nSPS) is 21.5. The van der Waals surface area contributed by atoms with Crippen LogP contribution in [0, 0.1) is 11.6 Å². The maximum Gasteiger partial charge on any atom is 0.149 e. The first-order valence-electron chi connectivity index (χ1n) is 4.21. The number of hydrogen-bond acceptors (Lipinski definition) is 2. The van der Waals surface area contributed by atoms with Crippen molar-refractivity contribution >= 4 is 11.6 Å². The second-order valence-corrected chi connectivity index (χ2v) is 3.45. The molecule has 14 heavy (non-hydrogen) atoms. The van der Waals surface area contributed by atoms with Crippen LogP contribution in [0.1, 0.15) is 18.0 Å². The molecule has 1 fully saturated rings. The first kappa shape index (κ1) is 9.83. The Morgan fingerprint density at radius 2 is 2.21 bits per heavy atom. The molecule has 1 aromatic rings. The molecule has 76 valence electrons. The molecule has 1 aromatic carbocycles. The van der Waals surface area contributed by atoms with E-state index in [1.165, 1.54) is 6.07 Å². The fourth-order valence-corrected chi connectivity index (χ4v) is 1.60. The van der Waals surface area contributed by atoms with Gasteiger partial charge in [0, 0.05) is 5.56 Å². The van der Waals surface area contributed by atoms with Crippen molar-refractivity contribution in [3.05, 3.63) is 34.4 Å². The van der Waals surface area contributed by atoms with Crippen molar-refractivity contribution in [3.63, 3.8) is 0 Å². The van der Waals surface area contributed by atoms with Crippen molar-refractivity contribution in [1.82, 2.24) is 5.48 Å². The molecule has 5 heteroatoms. The molecule has 0 bridgehead atoms. The standard InChI is InChI=1S/C9H8ClF2NO/c10-8-6(11)2-1-5(9(8)12)7-3-4-14-13-7/h1-2,7,13H,3-4H2/t7-/m1/s1. The average Bonchev–Trinajstić information content (AvgIpc) is 2.67. The SMILES string of the molecule is Fc1ccc([C@H]2CCON2)c(F)c1Cl. The molecule has 1 aliphatic heterocycles. The molecule has 2 rings (SSSR count). The van der Waals surface area contributed by atoms with E-state index in [9.17, 15) is 8.78 Å². The Hall–Kier alpha value is -0.710. The fraction of sp³-hybridized carbons (Fsp3) is 0.333. The van der Waals surface area contributed by atoms with E-state index in [2.05, 4.69) is 5.48 Å². The van der Waals surface area contributed by atoms with Crippen LogP contribution in [0.5, 0.6) is 0 Å². The van der Waals surface area contributed by atoms with Gasteiger partial charge in [0.15, 0.2) is 0 Å². The lowest BCUT2D eigenvalue weighted by Crippen LogP contribution is -2.13. The maximum atomic E-state index is 13.4. The smallest absolute Gasteiger partial charge is 0.149 e. The third kappa shape index (κ3) is 1.61. The Morgan fingerprint density at radius 1 is 1.43 bits per heavy atom. The van der Waals surface area contributed by atoms with Gasteiger partial charge in [0.1, 0.15) is 16.7 Å². The van der Waals surface area contributed by atoms with Gasteiger partial charge in [-0.25, -0.2) is 8.78 Å². The molecule has 2 nitrogen and oxygen atoms in total. The molecule has 1 saturated heterocycles. The largest absolute Gasteiger partial charge is 0.301 e. The molecule has 0 saturated carbocycles. The number of halogens is 3. The van der Waals surface area contributed by atoms with Crippen LogP contribution in [0.3, 0.4) is 0 Å². The third-order valence-corrected chi connectivity index (χ3v) is 2.52. The monoisotopic (exact) mass is 219 g/mol. The van der Waals surface area contributed by atoms with Crippen LogP contribution < -0.4 is 5.48 Å². The fourth-order valence-electron chi connectivity index (χ4n) is 1.42. The molecular weight excluding hydrogens is 212 g/mol. The van der Waals surface area contributed by atoms with E-state index in [1.54, 1.807) is 0 Å². The van der Waals surface area contributed by atoms with Crippen molar-refractivity contribution < 1.29 is 13.6 Å². The van der Waals surface area contributed by atoms with E-state index in [0.717, 1.165) is 6.07 Å². The summed E-state index contributed by atoms with van der Waals surface area (Å²) in [6.07, 6.45) is 0.652. The summed E-state index contributed by atoms with van der Waals surface area (Å²) >= 11 is 5.44. The first-order chi connectivity index (χ1) is 6.70. The Balaban J connectivity index is 2.38. The zero-order valence-corrected chi connectivity index (χ0v) is 7.94. The summed E-state index contributed by atoms with van der Waals surface area (Å²) in [5.41, 5.74) is 2.98. The van der Waals surface area contributed by atoms with E-state index in [4.69, 9.17) is 16.4 Å². The van der Waals surface area contributed by atoms with Gasteiger partial charge in [-0.2, -0.15) is 5.48 Å². The van der Waals surface area contributed by atoms with Gasteiger partial charge in [-0.3, -0.25) is 0 Å². The lowest BCUT2D eigenvalue weighted by Gasteiger charge is -2.10. The third-order valence-electron chi connectivity index (χ3n) is 2.17. The van der Waals surface area contributed by atoms with E-state index in [1.807, 2.05) is 0 Å². The Morgan fingerprint density at radius 3 is 2.86 bits per heavy atom. The molecule has 0 amide bonds. The molecule has 0 unspecified atom stereocenters.